The van der Waals surface area contributed by atoms with Crippen molar-refractivity contribution in [1.82, 2.24) is 15.1 Å². The second-order valence-corrected chi connectivity index (χ2v) is 6.57. The van der Waals surface area contributed by atoms with Crippen LogP contribution in [0, 0.1) is 11.7 Å². The molecule has 1 saturated heterocycles. The maximum absolute atomic E-state index is 13.5. The summed E-state index contributed by atoms with van der Waals surface area (Å²) in [6.45, 7) is 4.43. The van der Waals surface area contributed by atoms with Crippen LogP contribution in [0.5, 0.6) is 0 Å². The van der Waals surface area contributed by atoms with E-state index in [2.05, 4.69) is 10.2 Å². The lowest BCUT2D eigenvalue weighted by molar-refractivity contribution is -0.122. The highest BCUT2D eigenvalue weighted by Crippen LogP contribution is 2.17. The molecule has 0 atom stereocenters. The number of piperidine rings is 1. The maximum atomic E-state index is 13.5. The molecule has 134 valence electrons. The van der Waals surface area contributed by atoms with Crippen LogP contribution in [0.1, 0.15) is 18.4 Å². The van der Waals surface area contributed by atoms with Gasteiger partial charge in [-0.2, -0.15) is 0 Å². The lowest BCUT2D eigenvalue weighted by Crippen LogP contribution is -2.41. The number of amides is 1. The van der Waals surface area contributed by atoms with Gasteiger partial charge in [0.25, 0.3) is 0 Å². The molecular formula is C18H28FN3O2. The second kappa shape index (κ2) is 9.71. The molecule has 2 N–H and O–H groups in total. The molecule has 1 aromatic rings. The molecule has 0 radical (unpaired) electrons. The normalized spacial score (nSPS) is 16.5. The number of carbonyl (C=O) groups is 1. The standard InChI is InChI=1S/C18H28FN3O2/c1-21(13-15-6-8-22(9-7-15)10-11-23)14-18(24)20-12-16-4-2-3-5-17(16)19/h2-5,15,23H,6-14H2,1H3,(H,20,24). The Labute approximate surface area is 143 Å². The predicted octanol–water partition coefficient (Wildman–Crippen LogP) is 1.08. The SMILES string of the molecule is CN(CC(=O)NCc1ccccc1F)CC1CCN(CCO)CC1. The number of benzene rings is 1. The van der Waals surface area contributed by atoms with Crippen molar-refractivity contribution < 1.29 is 14.3 Å². The summed E-state index contributed by atoms with van der Waals surface area (Å²) in [5.74, 6) is 0.212. The highest BCUT2D eigenvalue weighted by atomic mass is 19.1. The molecule has 1 heterocycles. The van der Waals surface area contributed by atoms with Gasteiger partial charge in [-0.1, -0.05) is 18.2 Å². The van der Waals surface area contributed by atoms with Gasteiger partial charge in [-0.05, 0) is 45.0 Å². The van der Waals surface area contributed by atoms with Crippen molar-refractivity contribution in [2.24, 2.45) is 5.92 Å². The fourth-order valence-electron chi connectivity index (χ4n) is 3.18. The molecule has 0 unspecified atom stereocenters. The molecule has 5 nitrogen and oxygen atoms in total. The van der Waals surface area contributed by atoms with Gasteiger partial charge < -0.3 is 15.3 Å². The van der Waals surface area contributed by atoms with Gasteiger partial charge in [-0.3, -0.25) is 9.69 Å². The summed E-state index contributed by atoms with van der Waals surface area (Å²) in [6.07, 6.45) is 2.20. The van der Waals surface area contributed by atoms with Crippen LogP contribution in [0.3, 0.4) is 0 Å². The van der Waals surface area contributed by atoms with E-state index in [1.807, 2.05) is 11.9 Å². The van der Waals surface area contributed by atoms with E-state index in [4.69, 9.17) is 5.11 Å². The third-order valence-corrected chi connectivity index (χ3v) is 4.54. The molecule has 0 spiro atoms. The number of hydrogen-bond acceptors (Lipinski definition) is 4. The van der Waals surface area contributed by atoms with Crippen LogP contribution < -0.4 is 5.32 Å². The quantitative estimate of drug-likeness (QED) is 0.745. The van der Waals surface area contributed by atoms with Crippen LogP contribution >= 0.6 is 0 Å². The van der Waals surface area contributed by atoms with Crippen LogP contribution in [0.25, 0.3) is 0 Å². The summed E-state index contributed by atoms with van der Waals surface area (Å²) in [6, 6.07) is 6.48. The third-order valence-electron chi connectivity index (χ3n) is 4.54. The zero-order valence-corrected chi connectivity index (χ0v) is 14.4. The Morgan fingerprint density at radius 2 is 2.08 bits per heavy atom. The van der Waals surface area contributed by atoms with Crippen LogP contribution in [-0.2, 0) is 11.3 Å². The summed E-state index contributed by atoms with van der Waals surface area (Å²) in [4.78, 5) is 16.3. The summed E-state index contributed by atoms with van der Waals surface area (Å²) >= 11 is 0. The number of aliphatic hydroxyl groups is 1. The molecule has 1 amide bonds. The Hall–Kier alpha value is -1.50. The monoisotopic (exact) mass is 337 g/mol. The fraction of sp³-hybridized carbons (Fsp3) is 0.611. The Kier molecular flexibility index (Phi) is 7.62. The van der Waals surface area contributed by atoms with Crippen LogP contribution in [0.2, 0.25) is 0 Å². The molecular weight excluding hydrogens is 309 g/mol. The van der Waals surface area contributed by atoms with E-state index < -0.39 is 0 Å². The average molecular weight is 337 g/mol. The van der Waals surface area contributed by atoms with Crippen molar-refractivity contribution in [2.45, 2.75) is 19.4 Å². The highest BCUT2D eigenvalue weighted by molar-refractivity contribution is 5.77. The van der Waals surface area contributed by atoms with E-state index in [-0.39, 0.29) is 24.9 Å². The average Bonchev–Trinajstić information content (AvgIpc) is 2.56. The van der Waals surface area contributed by atoms with Gasteiger partial charge in [0.05, 0.1) is 13.2 Å². The number of β-amino-alcohol motifs (C(OH)–C–C–N with tert-alkyl or cyclic N) is 1. The van der Waals surface area contributed by atoms with Gasteiger partial charge in [0.2, 0.25) is 5.91 Å². The minimum Gasteiger partial charge on any atom is -0.395 e. The molecule has 0 aliphatic carbocycles. The molecule has 1 fully saturated rings. The van der Waals surface area contributed by atoms with Crippen LogP contribution in [0.15, 0.2) is 24.3 Å². The summed E-state index contributed by atoms with van der Waals surface area (Å²) < 4.78 is 13.5. The third kappa shape index (κ3) is 6.19. The Morgan fingerprint density at radius 1 is 1.38 bits per heavy atom. The fourth-order valence-corrected chi connectivity index (χ4v) is 3.18. The first-order chi connectivity index (χ1) is 11.6. The van der Waals surface area contributed by atoms with E-state index >= 15 is 0 Å². The molecule has 1 aliphatic heterocycles. The van der Waals surface area contributed by atoms with Gasteiger partial charge in [-0.15, -0.1) is 0 Å². The second-order valence-electron chi connectivity index (χ2n) is 6.57. The van der Waals surface area contributed by atoms with E-state index in [0.717, 1.165) is 39.0 Å². The topological polar surface area (TPSA) is 55.8 Å². The van der Waals surface area contributed by atoms with Crippen LogP contribution in [-0.4, -0.2) is 67.2 Å². The number of nitrogens with one attached hydrogen (secondary N) is 1. The molecule has 0 saturated carbocycles. The zero-order chi connectivity index (χ0) is 17.4. The molecule has 24 heavy (non-hydrogen) atoms. The van der Waals surface area contributed by atoms with Crippen molar-refractivity contribution in [3.63, 3.8) is 0 Å². The number of halogens is 1. The molecule has 6 heteroatoms. The summed E-state index contributed by atoms with van der Waals surface area (Å²) in [5.41, 5.74) is 0.504. The van der Waals surface area contributed by atoms with Crippen LogP contribution in [0.4, 0.5) is 4.39 Å². The van der Waals surface area contributed by atoms with Gasteiger partial charge in [-0.25, -0.2) is 4.39 Å². The highest BCUT2D eigenvalue weighted by Gasteiger charge is 2.20. The molecule has 1 aromatic carbocycles. The Bertz CT molecular complexity index is 519. The summed E-state index contributed by atoms with van der Waals surface area (Å²) in [7, 11) is 1.95. The van der Waals surface area contributed by atoms with Crippen molar-refractivity contribution >= 4 is 5.91 Å². The van der Waals surface area contributed by atoms with E-state index in [9.17, 15) is 9.18 Å². The van der Waals surface area contributed by atoms with Crippen molar-refractivity contribution in [3.05, 3.63) is 35.6 Å². The molecule has 0 bridgehead atoms. The number of likely N-dealkylation sites (tertiary alicyclic amines) is 1. The number of hydrogen-bond donors (Lipinski definition) is 2. The maximum Gasteiger partial charge on any atom is 0.234 e. The van der Waals surface area contributed by atoms with Gasteiger partial charge >= 0.3 is 0 Å². The smallest absolute Gasteiger partial charge is 0.234 e. The van der Waals surface area contributed by atoms with Gasteiger partial charge in [0.15, 0.2) is 0 Å². The first-order valence-corrected chi connectivity index (χ1v) is 8.60. The minimum atomic E-state index is -0.291. The van der Waals surface area contributed by atoms with Crippen molar-refractivity contribution in [1.29, 1.82) is 0 Å². The molecule has 0 aromatic heterocycles. The Morgan fingerprint density at radius 3 is 2.75 bits per heavy atom. The van der Waals surface area contributed by atoms with Gasteiger partial charge in [0, 0.05) is 25.2 Å². The van der Waals surface area contributed by atoms with Crippen molar-refractivity contribution in [3.8, 4) is 0 Å². The largest absolute Gasteiger partial charge is 0.395 e. The predicted molar refractivity (Wildman–Crippen MR) is 92.0 cm³/mol. The zero-order valence-electron chi connectivity index (χ0n) is 14.4. The van der Waals surface area contributed by atoms with Crippen molar-refractivity contribution in [2.75, 3.05) is 46.4 Å². The summed E-state index contributed by atoms with van der Waals surface area (Å²) in [5, 5.41) is 11.7. The Balaban J connectivity index is 1.66. The molecule has 2 rings (SSSR count). The van der Waals surface area contributed by atoms with E-state index in [1.165, 1.54) is 6.07 Å². The first-order valence-electron chi connectivity index (χ1n) is 8.60. The number of carbonyl (C=O) groups excluding carboxylic acids is 1. The first kappa shape index (κ1) is 18.8. The number of likely N-dealkylation sites (N-methyl/N-ethyl adjacent to an activating group) is 1. The number of nitrogens with zero attached hydrogens (tertiary/aromatic N) is 2. The number of aliphatic hydroxyl groups excluding tert-OH is 1. The van der Waals surface area contributed by atoms with E-state index in [0.29, 0.717) is 18.0 Å². The number of rotatable bonds is 8. The van der Waals surface area contributed by atoms with E-state index in [1.54, 1.807) is 18.2 Å². The van der Waals surface area contributed by atoms with Gasteiger partial charge in [0.1, 0.15) is 5.82 Å². The lowest BCUT2D eigenvalue weighted by atomic mass is 9.96. The minimum absolute atomic E-state index is 0.0848. The molecule has 1 aliphatic rings. The lowest BCUT2D eigenvalue weighted by Gasteiger charge is -2.33.